The number of likely N-dealkylation sites (tertiary alicyclic amines) is 1. The van der Waals surface area contributed by atoms with Crippen molar-refractivity contribution in [1.29, 1.82) is 0 Å². The van der Waals surface area contributed by atoms with E-state index in [2.05, 4.69) is 37.5 Å². The van der Waals surface area contributed by atoms with Gasteiger partial charge in [-0.15, -0.1) is 10.2 Å². The summed E-state index contributed by atoms with van der Waals surface area (Å²) in [5, 5.41) is 13.9. The fourth-order valence-corrected chi connectivity index (χ4v) is 4.83. The molecule has 2 aliphatic heterocycles. The van der Waals surface area contributed by atoms with Gasteiger partial charge in [-0.1, -0.05) is 0 Å². The molecule has 7 nitrogen and oxygen atoms in total. The summed E-state index contributed by atoms with van der Waals surface area (Å²) >= 11 is 2.07. The zero-order valence-electron chi connectivity index (χ0n) is 14.2. The summed E-state index contributed by atoms with van der Waals surface area (Å²) in [6, 6.07) is 4.54. The second kappa shape index (κ2) is 7.61. The third-order valence-electron chi connectivity index (χ3n) is 5.14. The summed E-state index contributed by atoms with van der Waals surface area (Å²) < 4.78 is 1.79. The van der Waals surface area contributed by atoms with Gasteiger partial charge in [0.25, 0.3) is 0 Å². The minimum Gasteiger partial charge on any atom is -0.335 e. The molecule has 8 heteroatoms. The van der Waals surface area contributed by atoms with E-state index in [1.165, 1.54) is 24.3 Å². The van der Waals surface area contributed by atoms with E-state index in [0.29, 0.717) is 11.3 Å². The number of nitrogens with one attached hydrogen (secondary N) is 2. The number of pyridine rings is 1. The molecule has 25 heavy (non-hydrogen) atoms. The molecule has 2 amide bonds. The first-order valence-electron chi connectivity index (χ1n) is 8.97. The van der Waals surface area contributed by atoms with Crippen LogP contribution in [0.2, 0.25) is 0 Å². The van der Waals surface area contributed by atoms with Crippen LogP contribution in [0.3, 0.4) is 0 Å². The Hall–Kier alpha value is -1.80. The molecule has 2 aromatic heterocycles. The van der Waals surface area contributed by atoms with Crippen LogP contribution in [0.1, 0.15) is 25.7 Å². The molecule has 0 aromatic carbocycles. The number of hydrogen-bond acceptors (Lipinski definition) is 5. The second-order valence-corrected chi connectivity index (χ2v) is 7.96. The van der Waals surface area contributed by atoms with E-state index >= 15 is 0 Å². The maximum Gasteiger partial charge on any atom is 0.319 e. The van der Waals surface area contributed by atoms with E-state index in [4.69, 9.17) is 0 Å². The number of amides is 2. The van der Waals surface area contributed by atoms with Crippen LogP contribution in [0.4, 0.5) is 10.5 Å². The molecule has 2 aromatic rings. The molecule has 2 aliphatic rings. The van der Waals surface area contributed by atoms with Gasteiger partial charge in [-0.25, -0.2) is 4.79 Å². The van der Waals surface area contributed by atoms with Crippen LogP contribution in [0.5, 0.6) is 0 Å². The Morgan fingerprint density at radius 2 is 2.00 bits per heavy atom. The maximum atomic E-state index is 12.3. The van der Waals surface area contributed by atoms with Gasteiger partial charge in [-0.2, -0.15) is 11.8 Å². The molecule has 0 radical (unpaired) electrons. The first kappa shape index (κ1) is 16.7. The lowest BCUT2D eigenvalue weighted by atomic mass is 10.0. The number of carbonyl (C=O) groups excluding carboxylic acids is 1. The quantitative estimate of drug-likeness (QED) is 0.878. The van der Waals surface area contributed by atoms with Crippen LogP contribution in [-0.2, 0) is 0 Å². The molecular formula is C17H24N6OS. The van der Waals surface area contributed by atoms with Crippen molar-refractivity contribution < 1.29 is 4.79 Å². The largest absolute Gasteiger partial charge is 0.335 e. The lowest BCUT2D eigenvalue weighted by Crippen LogP contribution is -2.49. The molecule has 0 unspecified atom stereocenters. The number of aromatic nitrogens is 3. The molecule has 2 saturated heterocycles. The van der Waals surface area contributed by atoms with Crippen molar-refractivity contribution >= 4 is 29.1 Å². The molecule has 0 spiro atoms. The number of hydrogen-bond donors (Lipinski definition) is 2. The fourth-order valence-electron chi connectivity index (χ4n) is 3.75. The zero-order chi connectivity index (χ0) is 17.1. The van der Waals surface area contributed by atoms with Gasteiger partial charge in [0, 0.05) is 31.4 Å². The van der Waals surface area contributed by atoms with E-state index < -0.39 is 0 Å². The van der Waals surface area contributed by atoms with Crippen molar-refractivity contribution in [3.63, 3.8) is 0 Å². The minimum absolute atomic E-state index is 0.163. The molecule has 4 rings (SSSR count). The molecular weight excluding hydrogens is 336 g/mol. The topological polar surface area (TPSA) is 74.6 Å². The predicted molar refractivity (Wildman–Crippen MR) is 100 cm³/mol. The van der Waals surface area contributed by atoms with Gasteiger partial charge in [0.15, 0.2) is 5.65 Å². The standard InChI is InChI=1S/C17H24N6OS/c24-17(20-15-2-1-7-23-12-18-21-16(15)23)19-13-3-8-22(9-4-13)14-5-10-25-11-6-14/h1-2,7,12-14H,3-6,8-11H2,(H2,19,20,24). The van der Waals surface area contributed by atoms with Gasteiger partial charge in [0.1, 0.15) is 6.33 Å². The highest BCUT2D eigenvalue weighted by Crippen LogP contribution is 2.24. The van der Waals surface area contributed by atoms with E-state index in [1.807, 2.05) is 18.3 Å². The van der Waals surface area contributed by atoms with Gasteiger partial charge in [0.05, 0.1) is 5.69 Å². The first-order valence-corrected chi connectivity index (χ1v) is 10.1. The Labute approximate surface area is 151 Å². The van der Waals surface area contributed by atoms with Gasteiger partial charge in [-0.3, -0.25) is 4.40 Å². The first-order chi connectivity index (χ1) is 12.3. The van der Waals surface area contributed by atoms with Crippen LogP contribution in [0, 0.1) is 0 Å². The second-order valence-electron chi connectivity index (χ2n) is 6.74. The number of urea groups is 1. The van der Waals surface area contributed by atoms with Crippen LogP contribution in [-0.4, -0.2) is 62.2 Å². The number of rotatable bonds is 3. The van der Waals surface area contributed by atoms with Crippen molar-refractivity contribution in [3.8, 4) is 0 Å². The Kier molecular flexibility index (Phi) is 5.07. The van der Waals surface area contributed by atoms with Crippen molar-refractivity contribution in [2.45, 2.75) is 37.8 Å². The van der Waals surface area contributed by atoms with Crippen molar-refractivity contribution in [1.82, 2.24) is 24.8 Å². The monoisotopic (exact) mass is 360 g/mol. The van der Waals surface area contributed by atoms with E-state index in [0.717, 1.165) is 32.0 Å². The van der Waals surface area contributed by atoms with Crippen LogP contribution < -0.4 is 10.6 Å². The van der Waals surface area contributed by atoms with E-state index in [1.54, 1.807) is 10.7 Å². The van der Waals surface area contributed by atoms with Gasteiger partial charge >= 0.3 is 6.03 Å². The minimum atomic E-state index is -0.163. The van der Waals surface area contributed by atoms with E-state index in [-0.39, 0.29) is 12.1 Å². The van der Waals surface area contributed by atoms with Crippen LogP contribution >= 0.6 is 11.8 Å². The highest BCUT2D eigenvalue weighted by molar-refractivity contribution is 7.99. The Bertz CT molecular complexity index is 721. The Morgan fingerprint density at radius 3 is 2.80 bits per heavy atom. The number of carbonyl (C=O) groups is 1. The zero-order valence-corrected chi connectivity index (χ0v) is 15.0. The molecule has 4 heterocycles. The Morgan fingerprint density at radius 1 is 1.20 bits per heavy atom. The van der Waals surface area contributed by atoms with Crippen molar-refractivity contribution in [2.24, 2.45) is 0 Å². The van der Waals surface area contributed by atoms with E-state index in [9.17, 15) is 4.79 Å². The average molecular weight is 360 g/mol. The summed E-state index contributed by atoms with van der Waals surface area (Å²) in [5.41, 5.74) is 1.33. The van der Waals surface area contributed by atoms with Crippen molar-refractivity contribution in [3.05, 3.63) is 24.7 Å². The SMILES string of the molecule is O=C(Nc1cccn2cnnc12)NC1CCN(C2CCSCC2)CC1. The summed E-state index contributed by atoms with van der Waals surface area (Å²) in [6.07, 6.45) is 8.14. The third-order valence-corrected chi connectivity index (χ3v) is 6.19. The van der Waals surface area contributed by atoms with Crippen LogP contribution in [0.15, 0.2) is 24.7 Å². The smallest absolute Gasteiger partial charge is 0.319 e. The summed E-state index contributed by atoms with van der Waals surface area (Å²) in [7, 11) is 0. The van der Waals surface area contributed by atoms with Gasteiger partial charge < -0.3 is 15.5 Å². The summed E-state index contributed by atoms with van der Waals surface area (Å²) in [6.45, 7) is 2.17. The number of anilines is 1. The lowest BCUT2D eigenvalue weighted by molar-refractivity contribution is 0.138. The van der Waals surface area contributed by atoms with Crippen LogP contribution in [0.25, 0.3) is 5.65 Å². The lowest BCUT2D eigenvalue weighted by Gasteiger charge is -2.39. The normalized spacial score (nSPS) is 20.6. The average Bonchev–Trinajstić information content (AvgIpc) is 3.13. The summed E-state index contributed by atoms with van der Waals surface area (Å²) in [4.78, 5) is 15.0. The molecule has 0 aliphatic carbocycles. The van der Waals surface area contributed by atoms with Crippen molar-refractivity contribution in [2.75, 3.05) is 29.9 Å². The number of piperidine rings is 1. The highest BCUT2D eigenvalue weighted by Gasteiger charge is 2.27. The van der Waals surface area contributed by atoms with Gasteiger partial charge in [-0.05, 0) is 49.3 Å². The Balaban J connectivity index is 1.28. The molecule has 0 bridgehead atoms. The number of fused-ring (bicyclic) bond motifs is 1. The molecule has 2 N–H and O–H groups in total. The molecule has 0 saturated carbocycles. The molecule has 0 atom stereocenters. The summed E-state index contributed by atoms with van der Waals surface area (Å²) in [5.74, 6) is 2.58. The molecule has 2 fully saturated rings. The maximum absolute atomic E-state index is 12.3. The number of nitrogens with zero attached hydrogens (tertiary/aromatic N) is 4. The highest BCUT2D eigenvalue weighted by atomic mass is 32.2. The predicted octanol–water partition coefficient (Wildman–Crippen LogP) is 2.21. The van der Waals surface area contributed by atoms with Gasteiger partial charge in [0.2, 0.25) is 0 Å². The third kappa shape index (κ3) is 3.90. The molecule has 134 valence electrons. The fraction of sp³-hybridized carbons (Fsp3) is 0.588. The number of thioether (sulfide) groups is 1.